The molecule has 0 atom stereocenters. The molecule has 40 heavy (non-hydrogen) atoms. The monoisotopic (exact) mass is 514 g/mol. The summed E-state index contributed by atoms with van der Waals surface area (Å²) in [6, 6.07) is 48.5. The highest BCUT2D eigenvalue weighted by atomic mass is 16.3. The number of hydrogen-bond acceptors (Lipinski definition) is 2. The molecule has 2 heteroatoms. The van der Waals surface area contributed by atoms with Gasteiger partial charge in [-0.05, 0) is 61.5 Å². The predicted molar refractivity (Wildman–Crippen MR) is 167 cm³/mol. The number of fused-ring (bicyclic) bond motifs is 2. The highest BCUT2D eigenvalue weighted by molar-refractivity contribution is 6.12. The second-order valence-corrected chi connectivity index (χ2v) is 10.0. The lowest BCUT2D eigenvalue weighted by atomic mass is 9.85. The van der Waals surface area contributed by atoms with Crippen molar-refractivity contribution in [3.8, 4) is 56.0 Å². The van der Waals surface area contributed by atoms with Crippen LogP contribution in [0, 0.1) is 0 Å². The Morgan fingerprint density at radius 2 is 0.850 bits per heavy atom. The zero-order chi connectivity index (χ0) is 27.1. The Hall–Kier alpha value is -5.34. The van der Waals surface area contributed by atoms with Gasteiger partial charge >= 0.3 is 0 Å². The van der Waals surface area contributed by atoms with Gasteiger partial charge in [-0.3, -0.25) is 0 Å². The number of rotatable bonds is 4. The third kappa shape index (κ3) is 3.90. The Kier molecular flexibility index (Phi) is 5.79. The Morgan fingerprint density at radius 3 is 1.57 bits per heavy atom. The lowest BCUT2D eigenvalue weighted by molar-refractivity contribution is 0.478. The number of aromatic hydroxyl groups is 2. The summed E-state index contributed by atoms with van der Waals surface area (Å²) in [5, 5.41) is 27.0. The van der Waals surface area contributed by atoms with Gasteiger partial charge in [0, 0.05) is 16.7 Å². The van der Waals surface area contributed by atoms with E-state index in [1.165, 1.54) is 0 Å². The fraction of sp³-hybridized carbons (Fsp3) is 0. The molecule has 0 aliphatic carbocycles. The zero-order valence-corrected chi connectivity index (χ0v) is 21.8. The fourth-order valence-electron chi connectivity index (χ4n) is 5.86. The third-order valence-corrected chi connectivity index (χ3v) is 7.72. The molecule has 2 N–H and O–H groups in total. The van der Waals surface area contributed by atoms with Crippen LogP contribution in [0.5, 0.6) is 11.5 Å². The van der Waals surface area contributed by atoms with Crippen LogP contribution in [0.4, 0.5) is 0 Å². The van der Waals surface area contributed by atoms with E-state index < -0.39 is 0 Å². The molecular formula is C38H26O2. The first kappa shape index (κ1) is 23.8. The first-order valence-corrected chi connectivity index (χ1v) is 13.4. The van der Waals surface area contributed by atoms with Gasteiger partial charge in [0.05, 0.1) is 0 Å². The van der Waals surface area contributed by atoms with Crippen LogP contribution in [0.2, 0.25) is 0 Å². The van der Waals surface area contributed by atoms with E-state index in [9.17, 15) is 10.2 Å². The van der Waals surface area contributed by atoms with Gasteiger partial charge in [0.1, 0.15) is 11.5 Å². The van der Waals surface area contributed by atoms with Crippen molar-refractivity contribution < 1.29 is 10.2 Å². The van der Waals surface area contributed by atoms with E-state index in [1.54, 1.807) is 6.07 Å². The summed E-state index contributed by atoms with van der Waals surface area (Å²) < 4.78 is 0. The van der Waals surface area contributed by atoms with Gasteiger partial charge in [-0.1, -0.05) is 133 Å². The molecule has 190 valence electrons. The van der Waals surface area contributed by atoms with Crippen LogP contribution in [0.25, 0.3) is 66.1 Å². The van der Waals surface area contributed by atoms with Crippen LogP contribution in [-0.4, -0.2) is 10.2 Å². The molecule has 0 aliphatic rings. The molecule has 7 rings (SSSR count). The maximum atomic E-state index is 11.8. The predicted octanol–water partition coefficient (Wildman–Crippen LogP) is 10.1. The largest absolute Gasteiger partial charge is 0.507 e. The summed E-state index contributed by atoms with van der Waals surface area (Å²) in [5.74, 6) is 0.515. The molecule has 0 saturated heterocycles. The van der Waals surface area contributed by atoms with Crippen LogP contribution < -0.4 is 0 Å². The molecule has 0 bridgehead atoms. The van der Waals surface area contributed by atoms with Gasteiger partial charge < -0.3 is 10.2 Å². The minimum Gasteiger partial charge on any atom is -0.507 e. The van der Waals surface area contributed by atoms with Crippen molar-refractivity contribution in [1.29, 1.82) is 0 Å². The average molecular weight is 515 g/mol. The Bertz CT molecular complexity index is 2010. The summed E-state index contributed by atoms with van der Waals surface area (Å²) in [5.41, 5.74) is 7.29. The van der Waals surface area contributed by atoms with Crippen molar-refractivity contribution in [2.75, 3.05) is 0 Å². The molecule has 0 fully saturated rings. The highest BCUT2D eigenvalue weighted by Gasteiger charge is 2.20. The van der Waals surface area contributed by atoms with E-state index in [2.05, 4.69) is 42.5 Å². The second kappa shape index (κ2) is 9.76. The Morgan fingerprint density at radius 1 is 0.325 bits per heavy atom. The van der Waals surface area contributed by atoms with Crippen molar-refractivity contribution in [3.05, 3.63) is 146 Å². The van der Waals surface area contributed by atoms with Crippen molar-refractivity contribution in [3.63, 3.8) is 0 Å². The third-order valence-electron chi connectivity index (χ3n) is 7.72. The smallest absolute Gasteiger partial charge is 0.131 e. The van der Waals surface area contributed by atoms with Gasteiger partial charge in [-0.2, -0.15) is 0 Å². The molecular weight excluding hydrogens is 488 g/mol. The van der Waals surface area contributed by atoms with E-state index >= 15 is 0 Å². The van der Waals surface area contributed by atoms with E-state index in [1.807, 2.05) is 97.1 Å². The second-order valence-electron chi connectivity index (χ2n) is 10.0. The summed E-state index contributed by atoms with van der Waals surface area (Å²) in [7, 11) is 0. The first-order valence-electron chi connectivity index (χ1n) is 13.4. The molecule has 0 amide bonds. The molecule has 0 unspecified atom stereocenters. The average Bonchev–Trinajstić information content (AvgIpc) is 3.01. The van der Waals surface area contributed by atoms with Crippen LogP contribution in [0.3, 0.4) is 0 Å². The van der Waals surface area contributed by atoms with Gasteiger partial charge in [0.2, 0.25) is 0 Å². The summed E-state index contributed by atoms with van der Waals surface area (Å²) in [6.07, 6.45) is 0. The molecule has 2 nitrogen and oxygen atoms in total. The lowest BCUT2D eigenvalue weighted by Gasteiger charge is -2.19. The lowest BCUT2D eigenvalue weighted by Crippen LogP contribution is -1.92. The van der Waals surface area contributed by atoms with Gasteiger partial charge in [0.25, 0.3) is 0 Å². The van der Waals surface area contributed by atoms with Gasteiger partial charge in [-0.15, -0.1) is 0 Å². The number of benzene rings is 7. The first-order chi connectivity index (χ1) is 19.7. The van der Waals surface area contributed by atoms with Gasteiger partial charge in [0.15, 0.2) is 0 Å². The van der Waals surface area contributed by atoms with Crippen molar-refractivity contribution in [1.82, 2.24) is 0 Å². The molecule has 0 aliphatic heterocycles. The quantitative estimate of drug-likeness (QED) is 0.245. The molecule has 0 radical (unpaired) electrons. The van der Waals surface area contributed by atoms with Crippen molar-refractivity contribution >= 4 is 21.5 Å². The van der Waals surface area contributed by atoms with Crippen molar-refractivity contribution in [2.24, 2.45) is 0 Å². The molecule has 0 aromatic heterocycles. The maximum Gasteiger partial charge on any atom is 0.131 e. The summed E-state index contributed by atoms with van der Waals surface area (Å²) in [6.45, 7) is 0. The SMILES string of the molecule is Oc1ccc2ccccc2c1-c1ccc(-c2ccc(-c3ccccc3)c(O)c2-c2ccccc2)c2ccccc12. The number of hydrogen-bond donors (Lipinski definition) is 2. The standard InChI is InChI=1S/C38H26O2/c39-35-24-19-26-13-7-8-16-28(26)37(35)34-23-21-32(30-17-9-10-18-31(30)34)33-22-20-29(25-11-3-1-4-12-25)38(40)36(33)27-14-5-2-6-15-27/h1-24,39-40H. The van der Waals surface area contributed by atoms with Crippen molar-refractivity contribution in [2.45, 2.75) is 0 Å². The zero-order valence-electron chi connectivity index (χ0n) is 21.8. The summed E-state index contributed by atoms with van der Waals surface area (Å²) in [4.78, 5) is 0. The van der Waals surface area contributed by atoms with E-state index in [-0.39, 0.29) is 11.5 Å². The van der Waals surface area contributed by atoms with Crippen LogP contribution in [0.1, 0.15) is 0 Å². The minimum absolute atomic E-state index is 0.256. The Labute approximate surface area is 233 Å². The number of phenols is 2. The molecule has 0 heterocycles. The fourth-order valence-corrected chi connectivity index (χ4v) is 5.86. The molecule has 7 aromatic carbocycles. The van der Waals surface area contributed by atoms with Crippen LogP contribution >= 0.6 is 0 Å². The minimum atomic E-state index is 0.256. The Balaban J connectivity index is 1.52. The van der Waals surface area contributed by atoms with E-state index in [0.29, 0.717) is 0 Å². The van der Waals surface area contributed by atoms with Crippen LogP contribution in [-0.2, 0) is 0 Å². The maximum absolute atomic E-state index is 11.8. The highest BCUT2D eigenvalue weighted by Crippen LogP contribution is 2.48. The molecule has 0 spiro atoms. The summed E-state index contributed by atoms with van der Waals surface area (Å²) >= 11 is 0. The van der Waals surface area contributed by atoms with E-state index in [4.69, 9.17) is 0 Å². The number of phenolic OH excluding ortho intramolecular Hbond substituents is 2. The van der Waals surface area contributed by atoms with Crippen LogP contribution in [0.15, 0.2) is 146 Å². The molecule has 7 aromatic rings. The van der Waals surface area contributed by atoms with E-state index in [0.717, 1.165) is 66.1 Å². The topological polar surface area (TPSA) is 40.5 Å². The molecule has 0 saturated carbocycles. The normalized spacial score (nSPS) is 11.2. The van der Waals surface area contributed by atoms with Gasteiger partial charge in [-0.25, -0.2) is 0 Å².